The van der Waals surface area contributed by atoms with E-state index in [9.17, 15) is 29.7 Å². The van der Waals surface area contributed by atoms with Gasteiger partial charge in [-0.15, -0.1) is 17.8 Å². The molecule has 3 heterocycles. The summed E-state index contributed by atoms with van der Waals surface area (Å²) < 4.78 is 0. The zero-order valence-electron chi connectivity index (χ0n) is 54.0. The van der Waals surface area contributed by atoms with Gasteiger partial charge in [0.05, 0.1) is 0 Å². The molecule has 0 saturated heterocycles. The molecule has 0 spiro atoms. The van der Waals surface area contributed by atoms with E-state index in [2.05, 4.69) is 104 Å². The number of aromatic nitrogens is 3. The number of hydrogen-bond donors (Lipinski definition) is 3. The van der Waals surface area contributed by atoms with Crippen molar-refractivity contribution in [2.45, 2.75) is 232 Å². The number of allylic oxidation sites excluding steroid dienone is 12. The number of aryl methyl sites for hydroxylation is 2. The first-order valence-electron chi connectivity index (χ1n) is 33.8. The molecule has 15 rings (SSSR count). The molecule has 90 heavy (non-hydrogen) atoms. The second-order valence-corrected chi connectivity index (χ2v) is 29.6. The van der Waals surface area contributed by atoms with Crippen LogP contribution in [0.4, 0.5) is 0 Å². The van der Waals surface area contributed by atoms with Gasteiger partial charge in [-0.05, 0) is 272 Å². The maximum absolute atomic E-state index is 12.1. The lowest BCUT2D eigenvalue weighted by Crippen LogP contribution is -2.51. The van der Waals surface area contributed by atoms with E-state index in [1.165, 1.54) is 50.1 Å². The lowest BCUT2D eigenvalue weighted by Gasteiger charge is -2.53. The second kappa shape index (κ2) is 24.2. The average Bonchev–Trinajstić information content (AvgIpc) is 1.42. The number of aliphatic hydroxyl groups is 3. The van der Waals surface area contributed by atoms with Crippen LogP contribution < -0.4 is 0 Å². The predicted molar refractivity (Wildman–Crippen MR) is 355 cm³/mol. The van der Waals surface area contributed by atoms with Crippen molar-refractivity contribution in [1.82, 2.24) is 15.0 Å². The summed E-state index contributed by atoms with van der Waals surface area (Å²) in [7, 11) is 0. The third-order valence-corrected chi connectivity index (χ3v) is 25.4. The van der Waals surface area contributed by atoms with Crippen LogP contribution >= 0.6 is 0 Å². The molecule has 3 N–H and O–H groups in total. The van der Waals surface area contributed by atoms with Crippen LogP contribution in [0.25, 0.3) is 0 Å². The molecule has 6 saturated carbocycles. The van der Waals surface area contributed by atoms with E-state index in [4.69, 9.17) is 4.98 Å². The number of nitrogens with zero attached hydrogens (tertiary/aromatic N) is 3. The quantitative estimate of drug-likeness (QED) is 0.218. The first-order chi connectivity index (χ1) is 42.7. The van der Waals surface area contributed by atoms with Crippen LogP contribution in [0, 0.1) is 101 Å². The fraction of sp³-hybridized carbons (Fsp3) is 0.556. The van der Waals surface area contributed by atoms with E-state index in [1.807, 2.05) is 76.8 Å². The maximum Gasteiger partial charge on any atom is 0.156 e. The summed E-state index contributed by atoms with van der Waals surface area (Å²) in [6.45, 7) is 16.4. The van der Waals surface area contributed by atoms with Gasteiger partial charge in [-0.2, -0.15) is 0 Å². The zero-order valence-corrected chi connectivity index (χ0v) is 54.0. The predicted octanol–water partition coefficient (Wildman–Crippen LogP) is 15.5. The highest BCUT2D eigenvalue weighted by Gasteiger charge is 2.66. The van der Waals surface area contributed by atoms with E-state index < -0.39 is 16.8 Å². The fourth-order valence-corrected chi connectivity index (χ4v) is 21.0. The Morgan fingerprint density at radius 3 is 1.24 bits per heavy atom. The van der Waals surface area contributed by atoms with Gasteiger partial charge in [0.2, 0.25) is 0 Å². The van der Waals surface area contributed by atoms with Gasteiger partial charge in [-0.25, -0.2) is 0 Å². The first-order valence-corrected chi connectivity index (χ1v) is 33.8. The van der Waals surface area contributed by atoms with Gasteiger partial charge < -0.3 is 15.3 Å². The molecule has 470 valence electrons. The van der Waals surface area contributed by atoms with Crippen molar-refractivity contribution >= 4 is 17.3 Å². The molecule has 3 aromatic rings. The van der Waals surface area contributed by atoms with Crippen molar-refractivity contribution in [3.8, 4) is 35.5 Å². The monoisotopic (exact) mass is 1210 g/mol. The lowest BCUT2D eigenvalue weighted by molar-refractivity contribution is -0.115. The minimum absolute atomic E-state index is 0. The molecule has 9 nitrogen and oxygen atoms in total. The van der Waals surface area contributed by atoms with Crippen LogP contribution in [0.3, 0.4) is 0 Å². The van der Waals surface area contributed by atoms with Crippen molar-refractivity contribution in [3.05, 3.63) is 158 Å². The van der Waals surface area contributed by atoms with Gasteiger partial charge >= 0.3 is 0 Å². The average molecular weight is 1210 g/mol. The molecule has 0 unspecified atom stereocenters. The Bertz CT molecular complexity index is 3640. The third kappa shape index (κ3) is 10.4. The molecule has 0 radical (unpaired) electrons. The van der Waals surface area contributed by atoms with Gasteiger partial charge in [0.1, 0.15) is 16.8 Å². The first kappa shape index (κ1) is 63.6. The molecule has 0 aliphatic heterocycles. The number of rotatable bonds is 3. The van der Waals surface area contributed by atoms with Crippen molar-refractivity contribution < 1.29 is 29.7 Å². The SMILES string of the molecule is C.CC#C[C@]1(O)CC[C@H]2[C@@H]3CCC4=CC(=O)CCC4=C3[C@@H](c3ccc(C)cn3)C[C@@]21C.CC#C[C@]1(O)CC[C@H]2[C@@H]3CCC4=CC(=O)CCC4=C3[C@@H](c3ccc(C)nc3)C[C@@]21C.CC#C[C@]1(O)CC[C@H]2[C@@H]3CCC4=CC(=O)CCC4=C3[C@@H](c3cccnc3)C[C@@]21C. The molecular weight excluding hydrogens is 1110 g/mol. The minimum atomic E-state index is -0.926. The molecule has 0 aromatic carbocycles. The van der Waals surface area contributed by atoms with Gasteiger partial charge in [0, 0.05) is 89.4 Å². The Balaban J connectivity index is 0.000000130. The summed E-state index contributed by atoms with van der Waals surface area (Å²) in [4.78, 5) is 50.1. The zero-order chi connectivity index (χ0) is 62.4. The van der Waals surface area contributed by atoms with Crippen molar-refractivity contribution in [1.29, 1.82) is 0 Å². The molecule has 12 aliphatic rings. The van der Waals surface area contributed by atoms with Crippen LogP contribution in [-0.4, -0.2) is 64.4 Å². The fourth-order valence-electron chi connectivity index (χ4n) is 21.0. The van der Waals surface area contributed by atoms with Crippen molar-refractivity contribution in [2.75, 3.05) is 0 Å². The van der Waals surface area contributed by atoms with Crippen LogP contribution in [0.5, 0.6) is 0 Å². The highest BCUT2D eigenvalue weighted by molar-refractivity contribution is 5.94. The lowest BCUT2D eigenvalue weighted by atomic mass is 9.51. The van der Waals surface area contributed by atoms with E-state index in [-0.39, 0.29) is 58.8 Å². The highest BCUT2D eigenvalue weighted by Crippen LogP contribution is 2.70. The maximum atomic E-state index is 12.1. The molecule has 12 aliphatic carbocycles. The Morgan fingerprint density at radius 2 is 0.878 bits per heavy atom. The van der Waals surface area contributed by atoms with Gasteiger partial charge in [0.25, 0.3) is 0 Å². The van der Waals surface area contributed by atoms with Gasteiger partial charge in [-0.1, -0.05) is 80.9 Å². The summed E-state index contributed by atoms with van der Waals surface area (Å²) in [5, 5.41) is 34.9. The van der Waals surface area contributed by atoms with Crippen molar-refractivity contribution in [2.24, 2.45) is 51.8 Å². The molecular formula is C81H95N3O6. The van der Waals surface area contributed by atoms with Crippen LogP contribution in [0.2, 0.25) is 0 Å². The minimum Gasteiger partial charge on any atom is -0.377 e. The second-order valence-electron chi connectivity index (χ2n) is 29.6. The van der Waals surface area contributed by atoms with Gasteiger partial charge in [0.15, 0.2) is 17.3 Å². The largest absolute Gasteiger partial charge is 0.377 e. The number of fused-ring (bicyclic) bond motifs is 12. The summed E-state index contributed by atoms with van der Waals surface area (Å²) in [5.41, 5.74) is 15.0. The summed E-state index contributed by atoms with van der Waals surface area (Å²) in [5.74, 6) is 22.9. The smallest absolute Gasteiger partial charge is 0.156 e. The van der Waals surface area contributed by atoms with Crippen LogP contribution in [0.1, 0.15) is 230 Å². The molecule has 15 atom stereocenters. The molecule has 9 heteroatoms. The Kier molecular flexibility index (Phi) is 17.1. The Morgan fingerprint density at radius 1 is 0.467 bits per heavy atom. The standard InChI is InChI=1S/2C27H31NO2.C26H29NO2.CH4/c1-4-12-27(30)13-11-23-21-8-6-18-14-19(29)7-9-20(18)25(21)22(15-26(23,27)3)24-10-5-17(2)16-28-24;1-4-12-27(30)13-11-24-22-9-7-18-14-20(29)8-10-21(18)25(22)23(15-26(24,27)3)19-6-5-17(2)28-16-19;1-3-11-26(29)12-10-23-21-8-6-17-14-19(28)7-9-20(17)24(21)22(15-25(23,26)2)18-5-4-13-27-16-18;/h5,10,14,16,21-23,30H,6-9,11,13,15H2,1-3H3;5-6,14,16,22-24,30H,7-11,13,15H2,1-3H3;4-5,13-14,16,21-23,29H,6-10,12,15H2,1-2H3;1H4/t21-,22+,23-,26-,27-;22-,23+,24-,26-,27-;21-,22+,23-,25-,26-;/m000./s1. The molecule has 6 fully saturated rings. The molecule has 3 aromatic heterocycles. The van der Waals surface area contributed by atoms with E-state index in [1.54, 1.807) is 11.1 Å². The van der Waals surface area contributed by atoms with Crippen LogP contribution in [-0.2, 0) is 14.4 Å². The Hall–Kier alpha value is -6.54. The van der Waals surface area contributed by atoms with Gasteiger partial charge in [-0.3, -0.25) is 29.3 Å². The summed E-state index contributed by atoms with van der Waals surface area (Å²) in [6, 6.07) is 12.8. The third-order valence-electron chi connectivity index (χ3n) is 25.4. The number of pyridine rings is 3. The highest BCUT2D eigenvalue weighted by atomic mass is 16.3. The van der Waals surface area contributed by atoms with Crippen molar-refractivity contribution in [3.63, 3.8) is 0 Å². The van der Waals surface area contributed by atoms with E-state index >= 15 is 0 Å². The topological polar surface area (TPSA) is 151 Å². The Labute approximate surface area is 536 Å². The number of ketones is 3. The van der Waals surface area contributed by atoms with E-state index in [0.717, 1.165) is 133 Å². The number of carbonyl (C=O) groups excluding carboxylic acids is 3. The normalized spacial score (nSPS) is 37.4. The van der Waals surface area contributed by atoms with E-state index in [0.29, 0.717) is 54.8 Å². The molecule has 0 amide bonds. The molecule has 0 bridgehead atoms. The number of hydrogen-bond acceptors (Lipinski definition) is 9. The summed E-state index contributed by atoms with van der Waals surface area (Å²) >= 11 is 0. The van der Waals surface area contributed by atoms with Crippen LogP contribution in [0.15, 0.2) is 130 Å². The summed E-state index contributed by atoms with van der Waals surface area (Å²) in [6.07, 6.45) is 32.2. The number of carbonyl (C=O) groups is 3.